The van der Waals surface area contributed by atoms with E-state index in [0.29, 0.717) is 0 Å². The normalized spacial score (nSPS) is 22.2. The Morgan fingerprint density at radius 2 is 1.33 bits per heavy atom. The molecule has 1 aliphatic carbocycles. The van der Waals surface area contributed by atoms with Crippen molar-refractivity contribution >= 4 is 0 Å². The number of halogens is 6. The highest BCUT2D eigenvalue weighted by molar-refractivity contribution is 5.46. The van der Waals surface area contributed by atoms with Crippen LogP contribution in [-0.4, -0.2) is 5.11 Å². The highest BCUT2D eigenvalue weighted by Crippen LogP contribution is 2.55. The lowest BCUT2D eigenvalue weighted by molar-refractivity contribution is -0.153. The predicted molar refractivity (Wildman–Crippen MR) is 35.1 cm³/mol. The maximum Gasteiger partial charge on any atom is 0.306 e. The molecule has 1 aromatic rings. The van der Waals surface area contributed by atoms with E-state index < -0.39 is 46.4 Å². The minimum absolute atomic E-state index is 1.23. The van der Waals surface area contributed by atoms with Crippen LogP contribution in [0.2, 0.25) is 0 Å². The first-order valence-corrected chi connectivity index (χ1v) is 3.72. The average Bonchev–Trinajstić information content (AvgIpc) is 2.19. The Morgan fingerprint density at radius 1 is 0.867 bits per heavy atom. The van der Waals surface area contributed by atoms with Crippen LogP contribution in [0.5, 0.6) is 0 Å². The van der Waals surface area contributed by atoms with Crippen LogP contribution in [0.15, 0.2) is 0 Å². The minimum atomic E-state index is -4.09. The molecule has 0 aromatic heterocycles. The summed E-state index contributed by atoms with van der Waals surface area (Å²) in [7, 11) is 0. The topological polar surface area (TPSA) is 20.2 Å². The van der Waals surface area contributed by atoms with Crippen LogP contribution in [0, 0.1) is 23.3 Å². The second-order valence-corrected chi connectivity index (χ2v) is 3.07. The van der Waals surface area contributed by atoms with E-state index in [1.54, 1.807) is 0 Å². The minimum Gasteiger partial charge on any atom is -0.382 e. The van der Waals surface area contributed by atoms with Crippen molar-refractivity contribution in [1.82, 2.24) is 0 Å². The third kappa shape index (κ3) is 0.983. The van der Waals surface area contributed by atoms with Crippen LogP contribution in [0.3, 0.4) is 0 Å². The summed E-state index contributed by atoms with van der Waals surface area (Å²) < 4.78 is 76.1. The number of fused-ring (bicyclic) bond motifs is 1. The number of aliphatic hydroxyl groups excluding tert-OH is 1. The number of benzene rings is 1. The fourth-order valence-electron chi connectivity index (χ4n) is 1.47. The lowest BCUT2D eigenvalue weighted by Gasteiger charge is -2.35. The van der Waals surface area contributed by atoms with Gasteiger partial charge in [0.2, 0.25) is 0 Å². The molecule has 1 aliphatic rings. The SMILES string of the molecule is OC1c2c(F)c(F)c(F)c(F)c2C1(F)F. The first-order chi connectivity index (χ1) is 6.80. The molecule has 15 heavy (non-hydrogen) atoms. The van der Waals surface area contributed by atoms with Crippen LogP contribution in [0.4, 0.5) is 26.3 Å². The van der Waals surface area contributed by atoms with Gasteiger partial charge in [-0.15, -0.1) is 0 Å². The zero-order chi connectivity index (χ0) is 11.5. The van der Waals surface area contributed by atoms with E-state index in [1.165, 1.54) is 0 Å². The molecule has 0 fully saturated rings. The molecule has 1 aromatic carbocycles. The van der Waals surface area contributed by atoms with Gasteiger partial charge in [0.05, 0.1) is 5.56 Å². The van der Waals surface area contributed by atoms with Crippen molar-refractivity contribution in [3.63, 3.8) is 0 Å². The number of hydrogen-bond donors (Lipinski definition) is 1. The van der Waals surface area contributed by atoms with E-state index >= 15 is 0 Å². The van der Waals surface area contributed by atoms with E-state index in [2.05, 4.69) is 0 Å². The molecule has 2 rings (SSSR count). The highest BCUT2D eigenvalue weighted by atomic mass is 19.3. The van der Waals surface area contributed by atoms with Gasteiger partial charge in [0, 0.05) is 5.56 Å². The van der Waals surface area contributed by atoms with Gasteiger partial charge in [0.1, 0.15) is 0 Å². The van der Waals surface area contributed by atoms with Gasteiger partial charge in [-0.05, 0) is 0 Å². The number of rotatable bonds is 0. The first kappa shape index (κ1) is 10.3. The molecule has 1 nitrogen and oxygen atoms in total. The van der Waals surface area contributed by atoms with Gasteiger partial charge in [-0.3, -0.25) is 0 Å². The summed E-state index contributed by atoms with van der Waals surface area (Å²) in [6.07, 6.45) is -2.64. The van der Waals surface area contributed by atoms with Gasteiger partial charge in [0.25, 0.3) is 0 Å². The number of hydrogen-bond acceptors (Lipinski definition) is 1. The Bertz CT molecular complexity index is 455. The van der Waals surface area contributed by atoms with Crippen molar-refractivity contribution < 1.29 is 31.4 Å². The molecule has 0 spiro atoms. The first-order valence-electron chi connectivity index (χ1n) is 3.72. The number of alkyl halides is 2. The fourth-order valence-corrected chi connectivity index (χ4v) is 1.47. The predicted octanol–water partition coefficient (Wildman–Crippen LogP) is 2.38. The average molecular weight is 228 g/mol. The molecule has 1 N–H and O–H groups in total. The van der Waals surface area contributed by atoms with Gasteiger partial charge in [-0.2, -0.15) is 8.78 Å². The van der Waals surface area contributed by atoms with Gasteiger partial charge in [0.15, 0.2) is 29.4 Å². The van der Waals surface area contributed by atoms with Crippen LogP contribution in [0.1, 0.15) is 17.2 Å². The standard InChI is InChI=1S/C8H2F6O/c9-3-1-2(8(13,14)7(1)15)4(10)6(12)5(3)11/h7,15H. The Morgan fingerprint density at radius 3 is 1.87 bits per heavy atom. The lowest BCUT2D eigenvalue weighted by atomic mass is 9.80. The Balaban J connectivity index is 2.81. The van der Waals surface area contributed by atoms with Crippen LogP contribution >= 0.6 is 0 Å². The summed E-state index contributed by atoms with van der Waals surface area (Å²) in [5.74, 6) is -12.8. The highest BCUT2D eigenvalue weighted by Gasteiger charge is 2.59. The Labute approximate surface area is 78.9 Å². The summed E-state index contributed by atoms with van der Waals surface area (Å²) in [5, 5.41) is 8.70. The maximum atomic E-state index is 12.8. The molecule has 0 radical (unpaired) electrons. The van der Waals surface area contributed by atoms with E-state index in [0.717, 1.165) is 0 Å². The second-order valence-electron chi connectivity index (χ2n) is 3.07. The Kier molecular flexibility index (Phi) is 1.82. The number of aliphatic hydroxyl groups is 1. The summed E-state index contributed by atoms with van der Waals surface area (Å²) in [6, 6.07) is 0. The molecule has 0 heterocycles. The van der Waals surface area contributed by atoms with Crippen molar-refractivity contribution in [3.8, 4) is 0 Å². The molecule has 7 heteroatoms. The van der Waals surface area contributed by atoms with Gasteiger partial charge < -0.3 is 5.11 Å². The quantitative estimate of drug-likeness (QED) is 0.410. The zero-order valence-electron chi connectivity index (χ0n) is 6.79. The smallest absolute Gasteiger partial charge is 0.306 e. The van der Waals surface area contributed by atoms with Crippen molar-refractivity contribution in [2.75, 3.05) is 0 Å². The van der Waals surface area contributed by atoms with Crippen molar-refractivity contribution in [3.05, 3.63) is 34.4 Å². The van der Waals surface area contributed by atoms with E-state index in [1.807, 2.05) is 0 Å². The summed E-state index contributed by atoms with van der Waals surface area (Å²) >= 11 is 0. The molecule has 0 saturated heterocycles. The molecule has 82 valence electrons. The van der Waals surface area contributed by atoms with Crippen molar-refractivity contribution in [2.45, 2.75) is 12.0 Å². The fraction of sp³-hybridized carbons (Fsp3) is 0.250. The molecular weight excluding hydrogens is 226 g/mol. The zero-order valence-corrected chi connectivity index (χ0v) is 6.79. The molecule has 0 aliphatic heterocycles. The summed E-state index contributed by atoms with van der Waals surface area (Å²) in [6.45, 7) is 0. The summed E-state index contributed by atoms with van der Waals surface area (Å²) in [5.41, 5.74) is -2.84. The molecular formula is C8H2F6O. The largest absolute Gasteiger partial charge is 0.382 e. The summed E-state index contributed by atoms with van der Waals surface area (Å²) in [4.78, 5) is 0. The molecule has 1 atom stereocenters. The third-order valence-corrected chi connectivity index (χ3v) is 2.25. The molecule has 0 bridgehead atoms. The van der Waals surface area contributed by atoms with E-state index in [9.17, 15) is 26.3 Å². The Hall–Kier alpha value is -1.24. The lowest BCUT2D eigenvalue weighted by Crippen LogP contribution is -2.39. The van der Waals surface area contributed by atoms with Crippen molar-refractivity contribution in [2.24, 2.45) is 0 Å². The van der Waals surface area contributed by atoms with E-state index in [4.69, 9.17) is 5.11 Å². The maximum absolute atomic E-state index is 12.8. The molecule has 1 unspecified atom stereocenters. The van der Waals surface area contributed by atoms with Gasteiger partial charge in [-0.1, -0.05) is 0 Å². The second kappa shape index (κ2) is 2.66. The van der Waals surface area contributed by atoms with Crippen LogP contribution < -0.4 is 0 Å². The van der Waals surface area contributed by atoms with Crippen molar-refractivity contribution in [1.29, 1.82) is 0 Å². The molecule has 0 amide bonds. The van der Waals surface area contributed by atoms with Crippen LogP contribution in [0.25, 0.3) is 0 Å². The van der Waals surface area contributed by atoms with E-state index in [-0.39, 0.29) is 0 Å². The monoisotopic (exact) mass is 228 g/mol. The van der Waals surface area contributed by atoms with Gasteiger partial charge >= 0.3 is 5.92 Å². The van der Waals surface area contributed by atoms with Gasteiger partial charge in [-0.25, -0.2) is 17.6 Å². The molecule has 0 saturated carbocycles. The third-order valence-electron chi connectivity index (χ3n) is 2.25. The van der Waals surface area contributed by atoms with Crippen LogP contribution in [-0.2, 0) is 5.92 Å².